The standard InChI is InChI=1S/C27H27N7O3/c1-16(2)19-8-10-21(11-9-19)37-15-24(35)29-23-13-18(4)32-34(23)27-30-25-22(26(36)31-27)14-28-33(25)20-7-5-6-17(3)12-20/h5-14,16H,15H2,1-4H3,(H,29,35)(H,30,31,36). The second-order valence-corrected chi connectivity index (χ2v) is 9.17. The molecular weight excluding hydrogens is 470 g/mol. The Morgan fingerprint density at radius 3 is 2.59 bits per heavy atom. The molecule has 2 aromatic carbocycles. The van der Waals surface area contributed by atoms with E-state index in [1.807, 2.05) is 55.5 Å². The highest BCUT2D eigenvalue weighted by molar-refractivity contribution is 5.91. The van der Waals surface area contributed by atoms with E-state index in [1.165, 1.54) is 16.4 Å². The van der Waals surface area contributed by atoms with Crippen molar-refractivity contribution >= 4 is 22.8 Å². The fourth-order valence-corrected chi connectivity index (χ4v) is 3.98. The maximum absolute atomic E-state index is 12.9. The molecule has 0 aliphatic rings. The lowest BCUT2D eigenvalue weighted by atomic mass is 10.0. The molecular formula is C27H27N7O3. The number of nitrogens with one attached hydrogen (secondary N) is 2. The molecule has 188 valence electrons. The summed E-state index contributed by atoms with van der Waals surface area (Å²) in [5.41, 5.74) is 3.68. The summed E-state index contributed by atoms with van der Waals surface area (Å²) < 4.78 is 8.63. The Kier molecular flexibility index (Phi) is 6.31. The highest BCUT2D eigenvalue weighted by atomic mass is 16.5. The molecule has 10 nitrogen and oxygen atoms in total. The number of rotatable bonds is 7. The lowest BCUT2D eigenvalue weighted by molar-refractivity contribution is -0.118. The van der Waals surface area contributed by atoms with Crippen LogP contribution in [0.15, 0.2) is 65.6 Å². The molecule has 0 atom stereocenters. The second-order valence-electron chi connectivity index (χ2n) is 9.17. The number of carbonyl (C=O) groups is 1. The summed E-state index contributed by atoms with van der Waals surface area (Å²) in [6, 6.07) is 17.1. The summed E-state index contributed by atoms with van der Waals surface area (Å²) in [4.78, 5) is 32.9. The van der Waals surface area contributed by atoms with Gasteiger partial charge in [0.05, 0.1) is 17.6 Å². The molecule has 0 aliphatic heterocycles. The molecule has 5 aromatic rings. The normalized spacial score (nSPS) is 11.3. The van der Waals surface area contributed by atoms with Gasteiger partial charge in [-0.05, 0) is 55.2 Å². The van der Waals surface area contributed by atoms with Gasteiger partial charge >= 0.3 is 0 Å². The van der Waals surface area contributed by atoms with Gasteiger partial charge < -0.3 is 10.1 Å². The number of amides is 1. The summed E-state index contributed by atoms with van der Waals surface area (Å²) >= 11 is 0. The summed E-state index contributed by atoms with van der Waals surface area (Å²) in [6.07, 6.45) is 1.48. The molecule has 0 spiro atoms. The monoisotopic (exact) mass is 497 g/mol. The largest absolute Gasteiger partial charge is 0.484 e. The number of hydrogen-bond donors (Lipinski definition) is 2. The number of aryl methyl sites for hydroxylation is 2. The predicted molar refractivity (Wildman–Crippen MR) is 141 cm³/mol. The molecule has 3 aromatic heterocycles. The van der Waals surface area contributed by atoms with Crippen LogP contribution >= 0.6 is 0 Å². The van der Waals surface area contributed by atoms with Crippen molar-refractivity contribution in [2.24, 2.45) is 0 Å². The molecule has 2 N–H and O–H groups in total. The van der Waals surface area contributed by atoms with Gasteiger partial charge in [0.25, 0.3) is 11.5 Å². The highest BCUT2D eigenvalue weighted by Crippen LogP contribution is 2.20. The minimum atomic E-state index is -0.373. The van der Waals surface area contributed by atoms with Crippen molar-refractivity contribution in [1.82, 2.24) is 29.5 Å². The van der Waals surface area contributed by atoms with Gasteiger partial charge in [-0.15, -0.1) is 0 Å². The topological polar surface area (TPSA) is 120 Å². The molecule has 0 radical (unpaired) electrons. The zero-order valence-corrected chi connectivity index (χ0v) is 21.0. The van der Waals surface area contributed by atoms with Crippen LogP contribution in [-0.4, -0.2) is 42.0 Å². The quantitative estimate of drug-likeness (QED) is 0.350. The molecule has 0 aliphatic carbocycles. The Morgan fingerprint density at radius 1 is 1.08 bits per heavy atom. The van der Waals surface area contributed by atoms with Crippen molar-refractivity contribution < 1.29 is 9.53 Å². The summed E-state index contributed by atoms with van der Waals surface area (Å²) in [6.45, 7) is 7.81. The number of aromatic amines is 1. The van der Waals surface area contributed by atoms with Crippen molar-refractivity contribution in [3.63, 3.8) is 0 Å². The number of anilines is 1. The fourth-order valence-electron chi connectivity index (χ4n) is 3.98. The second kappa shape index (κ2) is 9.73. The van der Waals surface area contributed by atoms with Gasteiger partial charge in [-0.3, -0.25) is 14.6 Å². The molecule has 1 amide bonds. The van der Waals surface area contributed by atoms with Crippen LogP contribution < -0.4 is 15.6 Å². The van der Waals surface area contributed by atoms with E-state index in [9.17, 15) is 9.59 Å². The van der Waals surface area contributed by atoms with Crippen molar-refractivity contribution in [1.29, 1.82) is 0 Å². The SMILES string of the molecule is Cc1cccc(-n2ncc3c(=O)[nH]c(-n4nc(C)cc4NC(=O)COc4ccc(C(C)C)cc4)nc32)c1. The Labute approximate surface area is 212 Å². The average Bonchev–Trinajstić information content (AvgIpc) is 3.46. The number of aromatic nitrogens is 6. The van der Waals surface area contributed by atoms with Crippen LogP contribution in [0.25, 0.3) is 22.7 Å². The summed E-state index contributed by atoms with van der Waals surface area (Å²) in [5.74, 6) is 1.15. The number of fused-ring (bicyclic) bond motifs is 1. The number of ether oxygens (including phenoxy) is 1. The van der Waals surface area contributed by atoms with E-state index in [2.05, 4.69) is 39.3 Å². The third-order valence-corrected chi connectivity index (χ3v) is 5.89. The van der Waals surface area contributed by atoms with E-state index in [0.29, 0.717) is 34.2 Å². The zero-order valence-electron chi connectivity index (χ0n) is 21.0. The van der Waals surface area contributed by atoms with E-state index in [0.717, 1.165) is 11.3 Å². The minimum Gasteiger partial charge on any atom is -0.484 e. The van der Waals surface area contributed by atoms with Gasteiger partial charge in [-0.2, -0.15) is 19.9 Å². The van der Waals surface area contributed by atoms with Crippen molar-refractivity contribution in [3.8, 4) is 17.4 Å². The van der Waals surface area contributed by atoms with Crippen molar-refractivity contribution in [2.45, 2.75) is 33.6 Å². The minimum absolute atomic E-state index is 0.153. The van der Waals surface area contributed by atoms with E-state index in [4.69, 9.17) is 4.74 Å². The number of nitrogens with zero attached hydrogens (tertiary/aromatic N) is 5. The Bertz CT molecular complexity index is 1650. The van der Waals surface area contributed by atoms with E-state index < -0.39 is 0 Å². The number of H-pyrrole nitrogens is 1. The average molecular weight is 498 g/mol. The predicted octanol–water partition coefficient (Wildman–Crippen LogP) is 4.05. The van der Waals surface area contributed by atoms with E-state index >= 15 is 0 Å². The van der Waals surface area contributed by atoms with Gasteiger partial charge in [0.15, 0.2) is 12.3 Å². The van der Waals surface area contributed by atoms with Gasteiger partial charge in [-0.1, -0.05) is 38.1 Å². The first-order valence-corrected chi connectivity index (χ1v) is 11.9. The molecule has 5 rings (SSSR count). The molecule has 0 saturated carbocycles. The Hall–Kier alpha value is -4.73. The highest BCUT2D eigenvalue weighted by Gasteiger charge is 2.17. The van der Waals surface area contributed by atoms with Crippen LogP contribution in [0.1, 0.15) is 36.6 Å². The number of benzene rings is 2. The molecule has 0 saturated heterocycles. The van der Waals surface area contributed by atoms with Crippen molar-refractivity contribution in [2.75, 3.05) is 11.9 Å². The lowest BCUT2D eigenvalue weighted by Gasteiger charge is -2.11. The third-order valence-electron chi connectivity index (χ3n) is 5.89. The van der Waals surface area contributed by atoms with Crippen LogP contribution in [0.4, 0.5) is 5.82 Å². The molecule has 10 heteroatoms. The fraction of sp³-hybridized carbons (Fsp3) is 0.222. The number of hydrogen-bond acceptors (Lipinski definition) is 6. The van der Waals surface area contributed by atoms with Gasteiger partial charge in [0.2, 0.25) is 5.95 Å². The number of carbonyl (C=O) groups excluding carboxylic acids is 1. The van der Waals surface area contributed by atoms with Gasteiger partial charge in [0, 0.05) is 6.07 Å². The third kappa shape index (κ3) is 4.99. The Morgan fingerprint density at radius 2 is 1.86 bits per heavy atom. The van der Waals surface area contributed by atoms with Gasteiger partial charge in [0.1, 0.15) is 17.0 Å². The van der Waals surface area contributed by atoms with Crippen LogP contribution in [-0.2, 0) is 4.79 Å². The lowest BCUT2D eigenvalue weighted by Crippen LogP contribution is -2.23. The van der Waals surface area contributed by atoms with Crippen LogP contribution in [0.2, 0.25) is 0 Å². The molecule has 3 heterocycles. The van der Waals surface area contributed by atoms with Crippen molar-refractivity contribution in [3.05, 3.63) is 88.0 Å². The Balaban J connectivity index is 1.40. The van der Waals surface area contributed by atoms with E-state index in [-0.39, 0.29) is 24.0 Å². The molecule has 0 fully saturated rings. The summed E-state index contributed by atoms with van der Waals surface area (Å²) in [5, 5.41) is 11.9. The van der Waals surface area contributed by atoms with Gasteiger partial charge in [-0.25, -0.2) is 4.68 Å². The maximum Gasteiger partial charge on any atom is 0.263 e. The first kappa shape index (κ1) is 24.0. The maximum atomic E-state index is 12.9. The first-order chi connectivity index (χ1) is 17.8. The first-order valence-electron chi connectivity index (χ1n) is 11.9. The van der Waals surface area contributed by atoms with Crippen LogP contribution in [0.3, 0.4) is 0 Å². The molecule has 0 bridgehead atoms. The van der Waals surface area contributed by atoms with Crippen LogP contribution in [0, 0.1) is 13.8 Å². The molecule has 0 unspecified atom stereocenters. The smallest absolute Gasteiger partial charge is 0.263 e. The zero-order chi connectivity index (χ0) is 26.1. The molecule has 37 heavy (non-hydrogen) atoms. The van der Waals surface area contributed by atoms with Crippen LogP contribution in [0.5, 0.6) is 5.75 Å². The summed E-state index contributed by atoms with van der Waals surface area (Å²) in [7, 11) is 0. The van der Waals surface area contributed by atoms with E-state index in [1.54, 1.807) is 17.7 Å².